The third-order valence-corrected chi connectivity index (χ3v) is 6.24. The fraction of sp³-hybridized carbons (Fsp3) is 0.458. The maximum absolute atomic E-state index is 13.1. The lowest BCUT2D eigenvalue weighted by Crippen LogP contribution is -2.53. The first-order valence-corrected chi connectivity index (χ1v) is 11.2. The van der Waals surface area contributed by atoms with Gasteiger partial charge in [0.2, 0.25) is 5.91 Å². The molecule has 31 heavy (non-hydrogen) atoms. The summed E-state index contributed by atoms with van der Waals surface area (Å²) < 4.78 is 0. The van der Waals surface area contributed by atoms with Crippen LogP contribution >= 0.6 is 0 Å². The Bertz CT molecular complexity index is 941. The zero-order valence-corrected chi connectivity index (χ0v) is 17.8. The Morgan fingerprint density at radius 1 is 0.871 bits per heavy atom. The molecule has 4 amide bonds. The summed E-state index contributed by atoms with van der Waals surface area (Å²) in [5.74, 6) is -0.282. The van der Waals surface area contributed by atoms with E-state index in [4.69, 9.17) is 0 Å². The number of hydrogen-bond acceptors (Lipinski definition) is 4. The minimum atomic E-state index is -0.401. The van der Waals surface area contributed by atoms with Crippen LogP contribution < -0.4 is 10.6 Å². The highest BCUT2D eigenvalue weighted by molar-refractivity contribution is 6.07. The summed E-state index contributed by atoms with van der Waals surface area (Å²) in [6.07, 6.45) is 5.43. The predicted molar refractivity (Wildman–Crippen MR) is 120 cm³/mol. The average molecular weight is 423 g/mol. The van der Waals surface area contributed by atoms with Gasteiger partial charge in [-0.2, -0.15) is 0 Å². The largest absolute Gasteiger partial charge is 0.336 e. The molecule has 0 atom stereocenters. The molecule has 2 fully saturated rings. The molecule has 7 heteroatoms. The van der Waals surface area contributed by atoms with Crippen molar-refractivity contribution in [1.29, 1.82) is 0 Å². The summed E-state index contributed by atoms with van der Waals surface area (Å²) in [7, 11) is 0. The fourth-order valence-electron chi connectivity index (χ4n) is 4.53. The molecule has 2 aliphatic rings. The summed E-state index contributed by atoms with van der Waals surface area (Å²) in [6.45, 7) is 2.49. The van der Waals surface area contributed by atoms with Crippen LogP contribution in [0.2, 0.25) is 0 Å². The summed E-state index contributed by atoms with van der Waals surface area (Å²) in [5.41, 5.74) is 0.712. The van der Waals surface area contributed by atoms with Gasteiger partial charge in [-0.1, -0.05) is 55.7 Å². The molecule has 1 aliphatic carbocycles. The standard InChI is InChI=1S/C24H30N4O3/c29-22(26-24(31)25-19-9-2-1-3-10-19)17-27-13-15-28(16-14-27)23(30)21-12-6-8-18-7-4-5-11-20(18)21/h4-8,11-12,19H,1-3,9-10,13-17H2,(H2,25,26,29,31). The van der Waals surface area contributed by atoms with Crippen LogP contribution in [0.15, 0.2) is 42.5 Å². The van der Waals surface area contributed by atoms with Crippen LogP contribution in [-0.4, -0.2) is 66.4 Å². The Morgan fingerprint density at radius 2 is 1.58 bits per heavy atom. The van der Waals surface area contributed by atoms with Gasteiger partial charge in [0.1, 0.15) is 0 Å². The van der Waals surface area contributed by atoms with Crippen LogP contribution in [0.3, 0.4) is 0 Å². The first-order chi connectivity index (χ1) is 15.1. The van der Waals surface area contributed by atoms with Crippen LogP contribution in [-0.2, 0) is 4.79 Å². The van der Waals surface area contributed by atoms with Gasteiger partial charge in [-0.3, -0.25) is 19.8 Å². The molecule has 1 heterocycles. The van der Waals surface area contributed by atoms with Crippen molar-refractivity contribution >= 4 is 28.6 Å². The van der Waals surface area contributed by atoms with Gasteiger partial charge in [-0.25, -0.2) is 4.79 Å². The lowest BCUT2D eigenvalue weighted by molar-refractivity contribution is -0.121. The van der Waals surface area contributed by atoms with E-state index < -0.39 is 6.03 Å². The lowest BCUT2D eigenvalue weighted by Gasteiger charge is -2.34. The number of imide groups is 1. The number of amides is 4. The van der Waals surface area contributed by atoms with Crippen molar-refractivity contribution in [3.63, 3.8) is 0 Å². The number of carbonyl (C=O) groups excluding carboxylic acids is 3. The second kappa shape index (κ2) is 9.92. The molecule has 0 radical (unpaired) electrons. The molecule has 4 rings (SSSR count). The molecule has 0 aromatic heterocycles. The summed E-state index contributed by atoms with van der Waals surface area (Å²) in [5, 5.41) is 7.35. The first kappa shape index (κ1) is 21.3. The number of hydrogen-bond donors (Lipinski definition) is 2. The number of rotatable bonds is 4. The topological polar surface area (TPSA) is 81.8 Å². The molecule has 1 saturated heterocycles. The number of benzene rings is 2. The zero-order chi connectivity index (χ0) is 21.6. The third kappa shape index (κ3) is 5.41. The molecule has 7 nitrogen and oxygen atoms in total. The Kier molecular flexibility index (Phi) is 6.82. The monoisotopic (exact) mass is 422 g/mol. The predicted octanol–water partition coefficient (Wildman–Crippen LogP) is 2.76. The maximum atomic E-state index is 13.1. The van der Waals surface area contributed by atoms with Crippen molar-refractivity contribution in [2.45, 2.75) is 38.1 Å². The molecule has 2 aromatic carbocycles. The van der Waals surface area contributed by atoms with Crippen molar-refractivity contribution < 1.29 is 14.4 Å². The second-order valence-corrected chi connectivity index (χ2v) is 8.45. The summed E-state index contributed by atoms with van der Waals surface area (Å²) >= 11 is 0. The minimum Gasteiger partial charge on any atom is -0.336 e. The van der Waals surface area contributed by atoms with Gasteiger partial charge in [0.05, 0.1) is 6.54 Å². The SMILES string of the molecule is O=C(CN1CCN(C(=O)c2cccc3ccccc23)CC1)NC(=O)NC1CCCCC1. The quantitative estimate of drug-likeness (QED) is 0.794. The van der Waals surface area contributed by atoms with Crippen LogP contribution in [0.1, 0.15) is 42.5 Å². The van der Waals surface area contributed by atoms with Gasteiger partial charge in [0, 0.05) is 37.8 Å². The van der Waals surface area contributed by atoms with Crippen LogP contribution in [0.5, 0.6) is 0 Å². The first-order valence-electron chi connectivity index (χ1n) is 11.2. The van der Waals surface area contributed by atoms with Crippen LogP contribution in [0, 0.1) is 0 Å². The molecule has 2 N–H and O–H groups in total. The maximum Gasteiger partial charge on any atom is 0.321 e. The van der Waals surface area contributed by atoms with Crippen molar-refractivity contribution in [1.82, 2.24) is 20.4 Å². The highest BCUT2D eigenvalue weighted by atomic mass is 16.2. The van der Waals surface area contributed by atoms with Gasteiger partial charge in [0.25, 0.3) is 5.91 Å². The van der Waals surface area contributed by atoms with E-state index in [2.05, 4.69) is 10.6 Å². The summed E-state index contributed by atoms with van der Waals surface area (Å²) in [4.78, 5) is 41.2. The molecule has 1 saturated carbocycles. The Hall–Kier alpha value is -2.93. The van der Waals surface area contributed by atoms with E-state index >= 15 is 0 Å². The van der Waals surface area contributed by atoms with Crippen molar-refractivity contribution in [2.75, 3.05) is 32.7 Å². The van der Waals surface area contributed by atoms with Crippen molar-refractivity contribution in [3.8, 4) is 0 Å². The van der Waals surface area contributed by atoms with Crippen molar-refractivity contribution in [2.24, 2.45) is 0 Å². The van der Waals surface area contributed by atoms with Gasteiger partial charge >= 0.3 is 6.03 Å². The van der Waals surface area contributed by atoms with Gasteiger partial charge in [-0.05, 0) is 29.7 Å². The van der Waals surface area contributed by atoms with Gasteiger partial charge in [0.15, 0.2) is 0 Å². The third-order valence-electron chi connectivity index (χ3n) is 6.24. The molecular weight excluding hydrogens is 392 g/mol. The average Bonchev–Trinajstić information content (AvgIpc) is 2.79. The Morgan fingerprint density at radius 3 is 2.35 bits per heavy atom. The summed E-state index contributed by atoms with van der Waals surface area (Å²) in [6, 6.07) is 13.5. The number of piperazine rings is 1. The molecule has 164 valence electrons. The fourth-order valence-corrected chi connectivity index (χ4v) is 4.53. The van der Waals surface area contributed by atoms with Crippen molar-refractivity contribution in [3.05, 3.63) is 48.0 Å². The van der Waals surface area contributed by atoms with Crippen LogP contribution in [0.4, 0.5) is 4.79 Å². The molecule has 2 aromatic rings. The highest BCUT2D eigenvalue weighted by Crippen LogP contribution is 2.21. The van der Waals surface area contributed by atoms with E-state index in [9.17, 15) is 14.4 Å². The molecule has 0 spiro atoms. The number of carbonyl (C=O) groups is 3. The van der Waals surface area contributed by atoms with E-state index in [-0.39, 0.29) is 24.4 Å². The molecule has 0 unspecified atom stereocenters. The van der Waals surface area contributed by atoms with Crippen LogP contribution in [0.25, 0.3) is 10.8 Å². The van der Waals surface area contributed by atoms with E-state index in [1.54, 1.807) is 0 Å². The Balaban J connectivity index is 1.25. The second-order valence-electron chi connectivity index (χ2n) is 8.45. The van der Waals surface area contributed by atoms with E-state index in [1.165, 1.54) is 6.42 Å². The van der Waals surface area contributed by atoms with Gasteiger partial charge in [-0.15, -0.1) is 0 Å². The molecular formula is C24H30N4O3. The highest BCUT2D eigenvalue weighted by Gasteiger charge is 2.25. The smallest absolute Gasteiger partial charge is 0.321 e. The van der Waals surface area contributed by atoms with E-state index in [0.717, 1.165) is 36.5 Å². The number of nitrogens with zero attached hydrogens (tertiary/aromatic N) is 2. The van der Waals surface area contributed by atoms with Gasteiger partial charge < -0.3 is 10.2 Å². The molecule has 1 aliphatic heterocycles. The Labute approximate surface area is 182 Å². The lowest BCUT2D eigenvalue weighted by atomic mass is 9.96. The number of urea groups is 1. The number of fused-ring (bicyclic) bond motifs is 1. The van der Waals surface area contributed by atoms with E-state index in [0.29, 0.717) is 31.7 Å². The minimum absolute atomic E-state index is 0.0211. The zero-order valence-electron chi connectivity index (χ0n) is 17.8. The van der Waals surface area contributed by atoms with E-state index in [1.807, 2.05) is 52.3 Å². The molecule has 0 bridgehead atoms. The number of nitrogens with one attached hydrogen (secondary N) is 2. The normalized spacial score (nSPS) is 18.0.